The van der Waals surface area contributed by atoms with Gasteiger partial charge in [-0.05, 0) is 43.5 Å². The second kappa shape index (κ2) is 7.05. The molecule has 9 heteroatoms. The Kier molecular flexibility index (Phi) is 4.73. The number of likely N-dealkylation sites (tertiary alicyclic amines) is 1. The molecule has 1 amide bonds. The Labute approximate surface area is 157 Å². The number of primary sulfonamides is 1. The number of benzene rings is 1. The number of sulfonamides is 1. The summed E-state index contributed by atoms with van der Waals surface area (Å²) in [5, 5.41) is 9.19. The zero-order valence-corrected chi connectivity index (χ0v) is 15.7. The molecular formula is C18H22N4O4S. The number of aromatic nitrogens is 2. The molecule has 2 atom stereocenters. The van der Waals surface area contributed by atoms with Crippen molar-refractivity contribution < 1.29 is 17.7 Å². The van der Waals surface area contributed by atoms with E-state index < -0.39 is 10.0 Å². The molecule has 2 aromatic rings. The molecule has 1 aromatic carbocycles. The van der Waals surface area contributed by atoms with Crippen LogP contribution in [0.3, 0.4) is 0 Å². The van der Waals surface area contributed by atoms with Crippen molar-refractivity contribution in [3.63, 3.8) is 0 Å². The Morgan fingerprint density at radius 2 is 1.85 bits per heavy atom. The van der Waals surface area contributed by atoms with Crippen LogP contribution in [-0.4, -0.2) is 42.0 Å². The first kappa shape index (κ1) is 18.1. The fourth-order valence-electron chi connectivity index (χ4n) is 4.09. The monoisotopic (exact) mass is 390 g/mol. The molecular weight excluding hydrogens is 368 g/mol. The molecule has 1 saturated carbocycles. The number of nitrogens with two attached hydrogens (primary N) is 1. The number of rotatable bonds is 4. The van der Waals surface area contributed by atoms with Crippen molar-refractivity contribution >= 4 is 15.9 Å². The van der Waals surface area contributed by atoms with Gasteiger partial charge in [0.1, 0.15) is 0 Å². The summed E-state index contributed by atoms with van der Waals surface area (Å²) in [6, 6.07) is 6.18. The summed E-state index contributed by atoms with van der Waals surface area (Å²) >= 11 is 0. The standard InChI is InChI=1S/C18H22N4O4S/c19-27(24,25)13-9-7-12(8-10-13)17-20-18(26-21-17)14-4-1-2-5-15(14)22-11-3-6-16(22)23/h7-10,14-15H,1-6,11H2,(H2,19,24,25)/t14-,15+/m1/s1. The van der Waals surface area contributed by atoms with E-state index in [4.69, 9.17) is 9.66 Å². The van der Waals surface area contributed by atoms with Gasteiger partial charge in [0.2, 0.25) is 27.6 Å². The molecule has 4 rings (SSSR count). The maximum atomic E-state index is 12.2. The maximum Gasteiger partial charge on any atom is 0.238 e. The fourth-order valence-corrected chi connectivity index (χ4v) is 4.60. The molecule has 0 bridgehead atoms. The van der Waals surface area contributed by atoms with Gasteiger partial charge >= 0.3 is 0 Å². The first-order chi connectivity index (χ1) is 12.9. The smallest absolute Gasteiger partial charge is 0.238 e. The Morgan fingerprint density at radius 3 is 2.52 bits per heavy atom. The van der Waals surface area contributed by atoms with Crippen LogP contribution >= 0.6 is 0 Å². The molecule has 1 aliphatic heterocycles. The van der Waals surface area contributed by atoms with Crippen molar-refractivity contribution in [1.29, 1.82) is 0 Å². The SMILES string of the molecule is NS(=O)(=O)c1ccc(-c2noc([C@@H]3CCCC[C@@H]3N3CCCC3=O)n2)cc1. The van der Waals surface area contributed by atoms with Crippen LogP contribution in [0.25, 0.3) is 11.4 Å². The normalized spacial score (nSPS) is 23.7. The Bertz CT molecular complexity index is 939. The van der Waals surface area contributed by atoms with E-state index in [1.165, 1.54) is 12.1 Å². The van der Waals surface area contributed by atoms with Crippen LogP contribution in [0.4, 0.5) is 0 Å². The van der Waals surface area contributed by atoms with Gasteiger partial charge in [0.25, 0.3) is 0 Å². The first-order valence-corrected chi connectivity index (χ1v) is 10.7. The second-order valence-corrected chi connectivity index (χ2v) is 8.74. The zero-order chi connectivity index (χ0) is 19.0. The van der Waals surface area contributed by atoms with Gasteiger partial charge < -0.3 is 9.42 Å². The van der Waals surface area contributed by atoms with Crippen molar-refractivity contribution in [3.8, 4) is 11.4 Å². The summed E-state index contributed by atoms with van der Waals surface area (Å²) in [7, 11) is -3.74. The van der Waals surface area contributed by atoms with Crippen molar-refractivity contribution in [3.05, 3.63) is 30.2 Å². The van der Waals surface area contributed by atoms with Gasteiger partial charge in [-0.15, -0.1) is 0 Å². The Balaban J connectivity index is 1.58. The summed E-state index contributed by atoms with van der Waals surface area (Å²) in [5.74, 6) is 1.21. The highest BCUT2D eigenvalue weighted by Crippen LogP contribution is 2.37. The number of nitrogens with zero attached hydrogens (tertiary/aromatic N) is 3. The van der Waals surface area contributed by atoms with Gasteiger partial charge in [0, 0.05) is 24.6 Å². The Morgan fingerprint density at radius 1 is 1.11 bits per heavy atom. The van der Waals surface area contributed by atoms with Gasteiger partial charge in [-0.2, -0.15) is 4.98 Å². The number of carbonyl (C=O) groups excluding carboxylic acids is 1. The lowest BCUT2D eigenvalue weighted by atomic mass is 9.83. The molecule has 8 nitrogen and oxygen atoms in total. The molecule has 1 saturated heterocycles. The van der Waals surface area contributed by atoms with E-state index in [0.29, 0.717) is 23.7 Å². The molecule has 2 aliphatic rings. The maximum absolute atomic E-state index is 12.2. The molecule has 1 aliphatic carbocycles. The van der Waals surface area contributed by atoms with Crippen LogP contribution in [0, 0.1) is 0 Å². The van der Waals surface area contributed by atoms with E-state index in [2.05, 4.69) is 10.1 Å². The van der Waals surface area contributed by atoms with Crippen LogP contribution in [0.2, 0.25) is 0 Å². The summed E-state index contributed by atoms with van der Waals surface area (Å²) in [6.45, 7) is 0.802. The highest BCUT2D eigenvalue weighted by Gasteiger charge is 2.38. The lowest BCUT2D eigenvalue weighted by molar-refractivity contribution is -0.130. The summed E-state index contributed by atoms with van der Waals surface area (Å²) in [6.07, 6.45) is 5.57. The fraction of sp³-hybridized carbons (Fsp3) is 0.500. The van der Waals surface area contributed by atoms with Crippen LogP contribution in [-0.2, 0) is 14.8 Å². The summed E-state index contributed by atoms with van der Waals surface area (Å²) < 4.78 is 28.3. The topological polar surface area (TPSA) is 119 Å². The van der Waals surface area contributed by atoms with Gasteiger partial charge in [0.15, 0.2) is 0 Å². The van der Waals surface area contributed by atoms with E-state index in [1.54, 1.807) is 12.1 Å². The predicted octanol–water partition coefficient (Wildman–Crippen LogP) is 2.03. The van der Waals surface area contributed by atoms with Crippen molar-refractivity contribution in [2.45, 2.75) is 55.4 Å². The third-order valence-corrected chi connectivity index (χ3v) is 6.37. The highest BCUT2D eigenvalue weighted by atomic mass is 32.2. The molecule has 2 N–H and O–H groups in total. The molecule has 0 radical (unpaired) electrons. The molecule has 144 valence electrons. The van der Waals surface area contributed by atoms with E-state index >= 15 is 0 Å². The summed E-state index contributed by atoms with van der Waals surface area (Å²) in [5.41, 5.74) is 0.655. The number of hydrogen-bond donors (Lipinski definition) is 1. The third-order valence-electron chi connectivity index (χ3n) is 5.44. The first-order valence-electron chi connectivity index (χ1n) is 9.20. The minimum Gasteiger partial charge on any atom is -0.339 e. The van der Waals surface area contributed by atoms with Gasteiger partial charge in [-0.3, -0.25) is 4.79 Å². The number of hydrogen-bond acceptors (Lipinski definition) is 6. The van der Waals surface area contributed by atoms with Gasteiger partial charge in [-0.25, -0.2) is 13.6 Å². The minimum atomic E-state index is -3.74. The van der Waals surface area contributed by atoms with E-state index in [9.17, 15) is 13.2 Å². The number of carbonyl (C=O) groups is 1. The Hall–Kier alpha value is -2.26. The van der Waals surface area contributed by atoms with E-state index in [-0.39, 0.29) is 22.8 Å². The molecule has 0 spiro atoms. The van der Waals surface area contributed by atoms with Gasteiger partial charge in [-0.1, -0.05) is 18.0 Å². The van der Waals surface area contributed by atoms with Crippen LogP contribution in [0.15, 0.2) is 33.7 Å². The van der Waals surface area contributed by atoms with Crippen LogP contribution in [0.5, 0.6) is 0 Å². The van der Waals surface area contributed by atoms with E-state index in [0.717, 1.165) is 38.6 Å². The third kappa shape index (κ3) is 3.61. The van der Waals surface area contributed by atoms with E-state index in [1.807, 2.05) is 4.90 Å². The van der Waals surface area contributed by atoms with Crippen LogP contribution < -0.4 is 5.14 Å². The highest BCUT2D eigenvalue weighted by molar-refractivity contribution is 7.89. The van der Waals surface area contributed by atoms with Gasteiger partial charge in [0.05, 0.1) is 10.8 Å². The average molecular weight is 390 g/mol. The molecule has 2 fully saturated rings. The van der Waals surface area contributed by atoms with Crippen molar-refractivity contribution in [1.82, 2.24) is 15.0 Å². The van der Waals surface area contributed by atoms with Crippen molar-refractivity contribution in [2.24, 2.45) is 5.14 Å². The quantitative estimate of drug-likeness (QED) is 0.853. The molecule has 2 heterocycles. The summed E-state index contributed by atoms with van der Waals surface area (Å²) in [4.78, 5) is 18.8. The zero-order valence-electron chi connectivity index (χ0n) is 14.9. The minimum absolute atomic E-state index is 0.0369. The van der Waals surface area contributed by atoms with Crippen molar-refractivity contribution in [2.75, 3.05) is 6.54 Å². The molecule has 0 unspecified atom stereocenters. The molecule has 1 aromatic heterocycles. The molecule has 27 heavy (non-hydrogen) atoms. The lowest BCUT2D eigenvalue weighted by Gasteiger charge is -2.36. The largest absolute Gasteiger partial charge is 0.339 e. The predicted molar refractivity (Wildman–Crippen MR) is 97.1 cm³/mol. The van der Waals surface area contributed by atoms with Crippen LogP contribution in [0.1, 0.15) is 50.3 Å². The lowest BCUT2D eigenvalue weighted by Crippen LogP contribution is -2.42. The number of amides is 1. The average Bonchev–Trinajstić information content (AvgIpc) is 3.30. The second-order valence-electron chi connectivity index (χ2n) is 7.17.